The van der Waals surface area contributed by atoms with Gasteiger partial charge in [0, 0.05) is 0 Å². The summed E-state index contributed by atoms with van der Waals surface area (Å²) < 4.78 is 100. The summed E-state index contributed by atoms with van der Waals surface area (Å²) in [5.74, 6) is -1.52. The number of alkyl carbamates (subject to hydrolysis) is 3. The van der Waals surface area contributed by atoms with E-state index in [0.29, 0.717) is 11.1 Å². The quantitative estimate of drug-likeness (QED) is 0.0585. The molecule has 0 unspecified atom stereocenters. The van der Waals surface area contributed by atoms with Crippen molar-refractivity contribution >= 4 is 42.9 Å². The molecule has 0 bridgehead atoms. The number of hydrogen-bond acceptors (Lipinski definition) is 25. The molecule has 3 heterocycles. The largest absolute Gasteiger partial charge is 0.508 e. The summed E-state index contributed by atoms with van der Waals surface area (Å²) in [5, 5.41) is 19.0. The fourth-order valence-electron chi connectivity index (χ4n) is 10.9. The summed E-state index contributed by atoms with van der Waals surface area (Å²) in [6, 6.07) is 22.8. The van der Waals surface area contributed by atoms with Crippen LogP contribution in [0.15, 0.2) is 91.0 Å². The SMILES string of the molecule is CC[C@@H]1O[C@H](O[C@H]2[C@@H](OC(=O)OC)[C@H](O[C@@H]3[C@@H](OC(=O)OC)[C@H](NC(=O)OCc4ccccc4)C[C@H](C)[C@H]3O[C@H]3O[C@H](CO)[C@@H](C)[C@H](C)[C@H]3NC(=O)OCc3ccccc3)O[C@@H]2CC)[C@H](NC(=O)OCc2ccccc2)[C@@H](OC(=O)OC)[C@@H]1OC(=O)OC. The van der Waals surface area contributed by atoms with Gasteiger partial charge in [0.15, 0.2) is 43.3 Å². The molecule has 28 nitrogen and oxygen atoms in total. The van der Waals surface area contributed by atoms with Crippen molar-refractivity contribution in [1.29, 1.82) is 0 Å². The molecular formula is C60H79N3O25. The minimum Gasteiger partial charge on any atom is -0.445 e. The highest BCUT2D eigenvalue weighted by molar-refractivity contribution is 5.69. The number of benzene rings is 3. The summed E-state index contributed by atoms with van der Waals surface area (Å²) in [6.07, 6.45) is -26.4. The van der Waals surface area contributed by atoms with Crippen molar-refractivity contribution in [3.05, 3.63) is 108 Å². The van der Waals surface area contributed by atoms with Crippen LogP contribution >= 0.6 is 0 Å². The van der Waals surface area contributed by atoms with Crippen molar-refractivity contribution in [2.45, 2.75) is 172 Å². The van der Waals surface area contributed by atoms with Crippen LogP contribution in [0.3, 0.4) is 0 Å². The highest BCUT2D eigenvalue weighted by atomic mass is 16.8. The van der Waals surface area contributed by atoms with Gasteiger partial charge < -0.3 is 102 Å². The molecule has 0 radical (unpaired) electrons. The van der Waals surface area contributed by atoms with Gasteiger partial charge in [0.05, 0.1) is 65.4 Å². The van der Waals surface area contributed by atoms with Gasteiger partial charge in [-0.2, -0.15) is 0 Å². The van der Waals surface area contributed by atoms with E-state index in [9.17, 15) is 38.7 Å². The van der Waals surface area contributed by atoms with Gasteiger partial charge in [-0.25, -0.2) is 33.6 Å². The number of rotatable bonds is 22. The van der Waals surface area contributed by atoms with E-state index in [1.165, 1.54) is 0 Å². The van der Waals surface area contributed by atoms with Gasteiger partial charge in [-0.3, -0.25) is 0 Å². The molecule has 1 aliphatic carbocycles. The first-order valence-corrected chi connectivity index (χ1v) is 28.9. The predicted octanol–water partition coefficient (Wildman–Crippen LogP) is 6.93. The molecule has 4 aliphatic rings. The maximum Gasteiger partial charge on any atom is 0.508 e. The number of carbonyl (C=O) groups is 7. The molecule has 4 fully saturated rings. The van der Waals surface area contributed by atoms with Crippen molar-refractivity contribution in [3.63, 3.8) is 0 Å². The van der Waals surface area contributed by atoms with E-state index >= 15 is 0 Å². The van der Waals surface area contributed by atoms with Crippen LogP contribution in [0.2, 0.25) is 0 Å². The van der Waals surface area contributed by atoms with E-state index in [1.807, 2.05) is 19.9 Å². The molecule has 4 N–H and O–H groups in total. The van der Waals surface area contributed by atoms with E-state index in [4.69, 9.17) is 80.5 Å². The molecule has 3 saturated heterocycles. The molecule has 19 atom stereocenters. The fourth-order valence-corrected chi connectivity index (χ4v) is 10.9. The van der Waals surface area contributed by atoms with E-state index in [1.54, 1.807) is 106 Å². The van der Waals surface area contributed by atoms with E-state index < -0.39 is 159 Å². The number of ether oxygens (including phenoxy) is 17. The van der Waals surface area contributed by atoms with Crippen molar-refractivity contribution in [2.24, 2.45) is 17.8 Å². The highest BCUT2D eigenvalue weighted by Crippen LogP contribution is 2.41. The third-order valence-corrected chi connectivity index (χ3v) is 15.7. The third kappa shape index (κ3) is 18.0. The molecule has 0 spiro atoms. The Bertz CT molecular complexity index is 2720. The Hall–Kier alpha value is -7.73. The summed E-state index contributed by atoms with van der Waals surface area (Å²) >= 11 is 0. The first-order valence-electron chi connectivity index (χ1n) is 28.9. The molecule has 3 amide bonds. The van der Waals surface area contributed by atoms with Gasteiger partial charge in [0.2, 0.25) is 0 Å². The average molecular weight is 1240 g/mol. The van der Waals surface area contributed by atoms with Gasteiger partial charge in [0.25, 0.3) is 0 Å². The zero-order valence-electron chi connectivity index (χ0n) is 50.3. The molecule has 3 aliphatic heterocycles. The number of amides is 3. The van der Waals surface area contributed by atoms with Gasteiger partial charge >= 0.3 is 42.9 Å². The molecule has 28 heteroatoms. The minimum atomic E-state index is -1.76. The second-order valence-corrected chi connectivity index (χ2v) is 21.3. The number of aliphatic hydroxyl groups excluding tert-OH is 1. The lowest BCUT2D eigenvalue weighted by Gasteiger charge is -2.49. The zero-order valence-corrected chi connectivity index (χ0v) is 50.3. The molecule has 0 aromatic heterocycles. The lowest BCUT2D eigenvalue weighted by atomic mass is 9.79. The molecule has 7 rings (SSSR count). The number of hydrogen-bond donors (Lipinski definition) is 4. The van der Waals surface area contributed by atoms with Crippen LogP contribution in [-0.2, 0) is 100 Å². The van der Waals surface area contributed by atoms with Crippen molar-refractivity contribution in [3.8, 4) is 0 Å². The number of carbonyl (C=O) groups excluding carboxylic acids is 7. The Morgan fingerprint density at radius 3 is 1.31 bits per heavy atom. The fraction of sp³-hybridized carbons (Fsp3) is 0.583. The summed E-state index contributed by atoms with van der Waals surface area (Å²) in [6.45, 7) is 7.90. The van der Waals surface area contributed by atoms with Crippen LogP contribution in [0.4, 0.5) is 33.6 Å². The Labute approximate surface area is 508 Å². The average Bonchev–Trinajstić information content (AvgIpc) is 2.32. The highest BCUT2D eigenvalue weighted by Gasteiger charge is 2.59. The van der Waals surface area contributed by atoms with Crippen molar-refractivity contribution < 1.29 is 119 Å². The molecule has 3 aromatic carbocycles. The Morgan fingerprint density at radius 2 is 0.830 bits per heavy atom. The van der Waals surface area contributed by atoms with Crippen LogP contribution in [0.25, 0.3) is 0 Å². The third-order valence-electron chi connectivity index (χ3n) is 15.7. The van der Waals surface area contributed by atoms with E-state index in [2.05, 4.69) is 16.0 Å². The zero-order chi connectivity index (χ0) is 63.4. The molecule has 3 aromatic rings. The molecular weight excluding hydrogens is 1160 g/mol. The maximum atomic E-state index is 13.9. The van der Waals surface area contributed by atoms with Crippen LogP contribution < -0.4 is 16.0 Å². The maximum absolute atomic E-state index is 13.9. The van der Waals surface area contributed by atoms with E-state index in [0.717, 1.165) is 34.0 Å². The van der Waals surface area contributed by atoms with Gasteiger partial charge in [0.1, 0.15) is 44.2 Å². The number of aliphatic hydroxyl groups is 1. The monoisotopic (exact) mass is 1240 g/mol. The summed E-state index contributed by atoms with van der Waals surface area (Å²) in [7, 11) is 4.19. The molecule has 1 saturated carbocycles. The van der Waals surface area contributed by atoms with Crippen LogP contribution in [0.1, 0.15) is 70.6 Å². The Morgan fingerprint density at radius 1 is 0.443 bits per heavy atom. The number of methoxy groups -OCH3 is 4. The summed E-state index contributed by atoms with van der Waals surface area (Å²) in [4.78, 5) is 94.4. The topological polar surface area (TPSA) is 333 Å². The minimum absolute atomic E-state index is 0.00183. The lowest BCUT2D eigenvalue weighted by Crippen LogP contribution is -2.67. The van der Waals surface area contributed by atoms with Crippen molar-refractivity contribution in [2.75, 3.05) is 35.0 Å². The van der Waals surface area contributed by atoms with E-state index in [-0.39, 0.29) is 45.0 Å². The number of nitrogens with one attached hydrogen (secondary N) is 3. The van der Waals surface area contributed by atoms with Gasteiger partial charge in [-0.15, -0.1) is 0 Å². The van der Waals surface area contributed by atoms with Crippen molar-refractivity contribution in [1.82, 2.24) is 16.0 Å². The standard InChI is InChI=1S/C60H79N3O25/c1-10-39-46(86-58(69)73-7)48(87-59(70)74-8)43(63-56(67)78-31-37-25-19-14-20-26-37)52(79-39)83-47-40(11-2)80-53(50(47)88-60(71)75-9)84-49-44(32(3)27-38(45(49)85-57(68)72-6)61-54(65)76-29-35-21-15-12-16-22-35)82-51-42(34(5)33(4)41(28-64)81-51)62-55(66)77-30-36-23-17-13-18-24-36/h12-26,32-34,38-53,64H,10-11,27-31H2,1-9H3,(H,61,65)(H,62,66)(H,63,67)/t32-,33-,34-,38+,39-,40+,41+,42+,43+,44+,45-,46+,47+,48+,49-,50+,51+,52+,53-/m0/s1. The summed E-state index contributed by atoms with van der Waals surface area (Å²) in [5.41, 5.74) is 2.00. The molecule has 484 valence electrons. The lowest BCUT2D eigenvalue weighted by molar-refractivity contribution is -0.307. The molecule has 88 heavy (non-hydrogen) atoms. The predicted molar refractivity (Wildman–Crippen MR) is 300 cm³/mol. The van der Waals surface area contributed by atoms with Gasteiger partial charge in [-0.05, 0) is 53.7 Å². The first kappa shape index (κ1) is 67.8. The normalized spacial score (nSPS) is 30.8. The van der Waals surface area contributed by atoms with Crippen LogP contribution in [0, 0.1) is 17.8 Å². The second kappa shape index (κ2) is 33.0. The Kier molecular flexibility index (Phi) is 25.4. The second-order valence-electron chi connectivity index (χ2n) is 21.3. The first-order chi connectivity index (χ1) is 42.4. The van der Waals surface area contributed by atoms with Crippen LogP contribution in [0.5, 0.6) is 0 Å². The Balaban J connectivity index is 1.28. The smallest absolute Gasteiger partial charge is 0.445 e. The van der Waals surface area contributed by atoms with Gasteiger partial charge in [-0.1, -0.05) is 126 Å². The van der Waals surface area contributed by atoms with Crippen LogP contribution in [-0.4, -0.2) is 181 Å².